The predicted octanol–water partition coefficient (Wildman–Crippen LogP) is 3.86. The number of anilines is 2. The molecule has 0 radical (unpaired) electrons. The van der Waals surface area contributed by atoms with E-state index in [1.807, 2.05) is 0 Å². The second-order valence-corrected chi connectivity index (χ2v) is 8.55. The van der Waals surface area contributed by atoms with E-state index in [2.05, 4.69) is 20.7 Å². The van der Waals surface area contributed by atoms with Gasteiger partial charge >= 0.3 is 0 Å². The lowest BCUT2D eigenvalue weighted by atomic mass is 10.2. The minimum absolute atomic E-state index is 0.145. The Morgan fingerprint density at radius 3 is 2.63 bits per heavy atom. The first-order valence-corrected chi connectivity index (χ1v) is 8.60. The van der Waals surface area contributed by atoms with Crippen molar-refractivity contribution < 1.29 is 8.42 Å². The number of nitrogen functional groups attached to an aromatic ring is 1. The van der Waals surface area contributed by atoms with Crippen LogP contribution in [-0.4, -0.2) is 8.42 Å². The smallest absolute Gasteiger partial charge is 0.271 e. The summed E-state index contributed by atoms with van der Waals surface area (Å²) in [5.74, 6) is 0. The minimum Gasteiger partial charge on any atom is -0.399 e. The Kier molecular flexibility index (Phi) is 4.10. The summed E-state index contributed by atoms with van der Waals surface area (Å²) < 4.78 is 27.7. The number of thiophene rings is 1. The van der Waals surface area contributed by atoms with Gasteiger partial charge in [0.2, 0.25) is 0 Å². The summed E-state index contributed by atoms with van der Waals surface area (Å²) in [6.45, 7) is 1.80. The third kappa shape index (κ3) is 3.22. The third-order valence-electron chi connectivity index (χ3n) is 2.39. The van der Waals surface area contributed by atoms with Crippen LogP contribution in [0.15, 0.2) is 32.3 Å². The van der Waals surface area contributed by atoms with Gasteiger partial charge in [0.15, 0.2) is 0 Å². The largest absolute Gasteiger partial charge is 0.399 e. The average Bonchev–Trinajstić information content (AvgIpc) is 2.65. The van der Waals surface area contributed by atoms with Gasteiger partial charge in [-0.1, -0.05) is 17.7 Å². The van der Waals surface area contributed by atoms with Crippen molar-refractivity contribution in [1.29, 1.82) is 0 Å². The first-order valence-electron chi connectivity index (χ1n) is 5.13. The minimum atomic E-state index is -3.66. The van der Waals surface area contributed by atoms with Crippen molar-refractivity contribution in [2.45, 2.75) is 11.1 Å². The van der Waals surface area contributed by atoms with Crippen molar-refractivity contribution >= 4 is 60.3 Å². The number of sulfonamides is 1. The molecule has 1 heterocycles. The summed E-state index contributed by atoms with van der Waals surface area (Å²) in [4.78, 5) is 0. The lowest BCUT2D eigenvalue weighted by Crippen LogP contribution is -2.12. The number of halogens is 2. The molecule has 1 aromatic carbocycles. The zero-order valence-electron chi connectivity index (χ0n) is 9.78. The molecule has 19 heavy (non-hydrogen) atoms. The Morgan fingerprint density at radius 2 is 2.05 bits per heavy atom. The number of benzene rings is 1. The average molecular weight is 382 g/mol. The molecule has 3 N–H and O–H groups in total. The maximum Gasteiger partial charge on any atom is 0.271 e. The van der Waals surface area contributed by atoms with Crippen LogP contribution in [0.5, 0.6) is 0 Å². The van der Waals surface area contributed by atoms with E-state index in [4.69, 9.17) is 17.3 Å². The van der Waals surface area contributed by atoms with Crippen molar-refractivity contribution in [2.75, 3.05) is 10.5 Å². The Bertz CT molecular complexity index is 709. The van der Waals surface area contributed by atoms with Crippen LogP contribution >= 0.6 is 38.9 Å². The van der Waals surface area contributed by atoms with Crippen LogP contribution in [0, 0.1) is 6.92 Å². The van der Waals surface area contributed by atoms with Gasteiger partial charge < -0.3 is 5.73 Å². The molecule has 0 amide bonds. The Hall–Kier alpha value is -0.760. The Labute approximate surface area is 128 Å². The molecule has 0 aliphatic heterocycles. The van der Waals surface area contributed by atoms with E-state index in [0.717, 1.165) is 16.9 Å². The molecule has 0 spiro atoms. The lowest BCUT2D eigenvalue weighted by Gasteiger charge is -2.09. The summed E-state index contributed by atoms with van der Waals surface area (Å²) in [6.07, 6.45) is 0. The van der Waals surface area contributed by atoms with E-state index < -0.39 is 10.0 Å². The molecule has 0 aliphatic carbocycles. The van der Waals surface area contributed by atoms with Gasteiger partial charge in [0.05, 0.1) is 14.5 Å². The van der Waals surface area contributed by atoms with Crippen LogP contribution in [0.4, 0.5) is 11.4 Å². The fraction of sp³-hybridized carbons (Fsp3) is 0.0909. The molecule has 1 aromatic heterocycles. The quantitative estimate of drug-likeness (QED) is 0.793. The van der Waals surface area contributed by atoms with Crippen LogP contribution in [0.1, 0.15) is 5.56 Å². The van der Waals surface area contributed by atoms with Gasteiger partial charge in [0, 0.05) is 5.69 Å². The molecule has 0 saturated carbocycles. The summed E-state index contributed by atoms with van der Waals surface area (Å²) in [5, 5.41) is 0.370. The number of hydrogen-bond acceptors (Lipinski definition) is 4. The fourth-order valence-corrected chi connectivity index (χ4v) is 4.92. The summed E-state index contributed by atoms with van der Waals surface area (Å²) in [7, 11) is -3.66. The molecule has 0 fully saturated rings. The second-order valence-electron chi connectivity index (χ2n) is 3.87. The van der Waals surface area contributed by atoms with Crippen molar-refractivity contribution in [3.8, 4) is 0 Å². The molecular weight excluding hydrogens is 372 g/mol. The van der Waals surface area contributed by atoms with Gasteiger partial charge in [-0.05, 0) is 46.6 Å². The third-order valence-corrected chi connectivity index (χ3v) is 6.71. The van der Waals surface area contributed by atoms with Crippen LogP contribution in [0.2, 0.25) is 5.02 Å². The van der Waals surface area contributed by atoms with Crippen LogP contribution in [0.25, 0.3) is 0 Å². The van der Waals surface area contributed by atoms with Crippen molar-refractivity contribution in [1.82, 2.24) is 0 Å². The molecule has 102 valence electrons. The van der Waals surface area contributed by atoms with E-state index >= 15 is 0 Å². The molecule has 0 unspecified atom stereocenters. The van der Waals surface area contributed by atoms with Gasteiger partial charge in [-0.15, -0.1) is 11.3 Å². The van der Waals surface area contributed by atoms with Crippen molar-refractivity contribution in [2.24, 2.45) is 0 Å². The first kappa shape index (κ1) is 14.6. The summed E-state index contributed by atoms with van der Waals surface area (Å²) in [6, 6.07) is 6.45. The highest BCUT2D eigenvalue weighted by atomic mass is 79.9. The van der Waals surface area contributed by atoms with E-state index in [-0.39, 0.29) is 4.21 Å². The number of hydrogen-bond donors (Lipinski definition) is 2. The highest BCUT2D eigenvalue weighted by Crippen LogP contribution is 2.35. The van der Waals surface area contributed by atoms with Gasteiger partial charge in [-0.25, -0.2) is 8.42 Å². The Balaban J connectivity index is 2.39. The lowest BCUT2D eigenvalue weighted by molar-refractivity contribution is 0.603. The topological polar surface area (TPSA) is 72.2 Å². The van der Waals surface area contributed by atoms with E-state index in [1.165, 1.54) is 6.07 Å². The molecule has 2 rings (SSSR count). The maximum absolute atomic E-state index is 12.2. The van der Waals surface area contributed by atoms with Crippen molar-refractivity contribution in [3.05, 3.63) is 38.6 Å². The highest BCUT2D eigenvalue weighted by Gasteiger charge is 2.19. The fourth-order valence-electron chi connectivity index (χ4n) is 1.40. The van der Waals surface area contributed by atoms with Gasteiger partial charge in [-0.2, -0.15) is 0 Å². The molecule has 0 bridgehead atoms. The number of nitrogens with two attached hydrogens (primary N) is 1. The van der Waals surface area contributed by atoms with E-state index in [9.17, 15) is 8.42 Å². The van der Waals surface area contributed by atoms with Crippen LogP contribution in [0.3, 0.4) is 0 Å². The van der Waals surface area contributed by atoms with Crippen molar-refractivity contribution in [3.63, 3.8) is 0 Å². The van der Waals surface area contributed by atoms with Gasteiger partial charge in [0.25, 0.3) is 10.0 Å². The summed E-state index contributed by atoms with van der Waals surface area (Å²) >= 11 is 10.1. The van der Waals surface area contributed by atoms with Gasteiger partial charge in [-0.3, -0.25) is 4.72 Å². The zero-order valence-corrected chi connectivity index (χ0v) is 13.8. The molecular formula is C11H10BrClN2O2S2. The standard InChI is InChI=1S/C11H10BrClN2O2S2/c1-6-2-3-7(14)4-9(6)15-19(16,17)10-5-8(13)11(12)18-10/h2-5,15H,14H2,1H3. The number of rotatable bonds is 3. The molecule has 0 saturated heterocycles. The molecule has 0 aliphatic rings. The SMILES string of the molecule is Cc1ccc(N)cc1NS(=O)(=O)c1cc(Cl)c(Br)s1. The maximum atomic E-state index is 12.2. The number of nitrogens with one attached hydrogen (secondary N) is 1. The molecule has 0 atom stereocenters. The van der Waals surface area contributed by atoms with Crippen LogP contribution < -0.4 is 10.5 Å². The highest BCUT2D eigenvalue weighted by molar-refractivity contribution is 9.11. The predicted molar refractivity (Wildman–Crippen MR) is 83.4 cm³/mol. The second kappa shape index (κ2) is 5.32. The Morgan fingerprint density at radius 1 is 1.37 bits per heavy atom. The molecule has 4 nitrogen and oxygen atoms in total. The number of aryl methyl sites for hydroxylation is 1. The van der Waals surface area contributed by atoms with Crippen LogP contribution in [-0.2, 0) is 10.0 Å². The van der Waals surface area contributed by atoms with E-state index in [0.29, 0.717) is 20.2 Å². The molecule has 8 heteroatoms. The summed E-state index contributed by atoms with van der Waals surface area (Å²) in [5.41, 5.74) is 7.40. The molecule has 2 aromatic rings. The zero-order chi connectivity index (χ0) is 14.2. The monoisotopic (exact) mass is 380 g/mol. The van der Waals surface area contributed by atoms with E-state index in [1.54, 1.807) is 25.1 Å². The first-order chi connectivity index (χ1) is 8.79. The van der Waals surface area contributed by atoms with Gasteiger partial charge in [0.1, 0.15) is 4.21 Å². The normalized spacial score (nSPS) is 11.5.